The van der Waals surface area contributed by atoms with Crippen LogP contribution < -0.4 is 19.8 Å². The maximum Gasteiger partial charge on any atom is 0.258 e. The molecule has 1 amide bonds. The van der Waals surface area contributed by atoms with Crippen molar-refractivity contribution in [1.82, 2.24) is 19.4 Å². The standard InChI is InChI=1S/C29H32N4O5/c1-5-18(6-2)33-17-22(20-13-25(36-3)26(37-4)14-21(20)29(33)35)28(34)32-12-11-19(16-32)38-27-15-30-23-9-7-8-10-24(23)31-27/h7-10,13-15,17-19H,5-6,11-12,16H2,1-4H3. The Morgan fingerprint density at radius 2 is 1.74 bits per heavy atom. The number of carbonyl (C=O) groups is 1. The van der Waals surface area contributed by atoms with Gasteiger partial charge in [-0.3, -0.25) is 9.59 Å². The minimum atomic E-state index is -0.208. The molecule has 5 rings (SSSR count). The van der Waals surface area contributed by atoms with Crippen molar-refractivity contribution in [2.75, 3.05) is 27.3 Å². The lowest BCUT2D eigenvalue weighted by Gasteiger charge is -2.22. The number of para-hydroxylation sites is 2. The van der Waals surface area contributed by atoms with Crippen LogP contribution in [0.3, 0.4) is 0 Å². The van der Waals surface area contributed by atoms with Gasteiger partial charge in [0.05, 0.1) is 48.9 Å². The number of amides is 1. The van der Waals surface area contributed by atoms with E-state index >= 15 is 0 Å². The van der Waals surface area contributed by atoms with Crippen molar-refractivity contribution in [2.24, 2.45) is 0 Å². The van der Waals surface area contributed by atoms with Gasteiger partial charge >= 0.3 is 0 Å². The highest BCUT2D eigenvalue weighted by atomic mass is 16.5. The molecule has 9 heteroatoms. The largest absolute Gasteiger partial charge is 0.493 e. The predicted octanol–water partition coefficient (Wildman–Crippen LogP) is 4.62. The summed E-state index contributed by atoms with van der Waals surface area (Å²) in [6, 6.07) is 11.0. The lowest BCUT2D eigenvalue weighted by Crippen LogP contribution is -2.33. The average molecular weight is 517 g/mol. The Labute approximate surface area is 221 Å². The van der Waals surface area contributed by atoms with Crippen molar-refractivity contribution in [1.29, 1.82) is 0 Å². The molecular weight excluding hydrogens is 484 g/mol. The Balaban J connectivity index is 1.48. The second-order valence-corrected chi connectivity index (χ2v) is 9.45. The summed E-state index contributed by atoms with van der Waals surface area (Å²) in [5, 5.41) is 0.975. The van der Waals surface area contributed by atoms with Crippen molar-refractivity contribution >= 4 is 27.7 Å². The summed E-state index contributed by atoms with van der Waals surface area (Å²) >= 11 is 0. The van der Waals surface area contributed by atoms with Gasteiger partial charge in [0, 0.05) is 30.6 Å². The fourth-order valence-corrected chi connectivity index (χ4v) is 5.16. The number of rotatable bonds is 8. The van der Waals surface area contributed by atoms with Gasteiger partial charge in [-0.15, -0.1) is 0 Å². The van der Waals surface area contributed by atoms with Gasteiger partial charge in [-0.2, -0.15) is 0 Å². The first-order valence-corrected chi connectivity index (χ1v) is 13.0. The molecule has 1 atom stereocenters. The molecule has 1 saturated heterocycles. The molecule has 198 valence electrons. The van der Waals surface area contributed by atoms with Crippen LogP contribution in [0.4, 0.5) is 0 Å². The number of hydrogen-bond donors (Lipinski definition) is 0. The number of benzene rings is 2. The van der Waals surface area contributed by atoms with Crippen LogP contribution in [0, 0.1) is 0 Å². The van der Waals surface area contributed by atoms with Gasteiger partial charge in [0.2, 0.25) is 5.88 Å². The molecule has 0 saturated carbocycles. The Kier molecular flexibility index (Phi) is 7.18. The third-order valence-electron chi connectivity index (χ3n) is 7.26. The second-order valence-electron chi connectivity index (χ2n) is 9.45. The van der Waals surface area contributed by atoms with Crippen LogP contribution in [0.1, 0.15) is 49.5 Å². The van der Waals surface area contributed by atoms with Crippen LogP contribution in [0.15, 0.2) is 53.6 Å². The summed E-state index contributed by atoms with van der Waals surface area (Å²) in [5.41, 5.74) is 1.87. The number of aromatic nitrogens is 3. The number of nitrogens with zero attached hydrogens (tertiary/aromatic N) is 4. The van der Waals surface area contributed by atoms with Crippen LogP contribution in [-0.2, 0) is 0 Å². The monoisotopic (exact) mass is 516 g/mol. The number of methoxy groups -OCH3 is 2. The van der Waals surface area contributed by atoms with Gasteiger partial charge in [-0.25, -0.2) is 9.97 Å². The normalized spacial score (nSPS) is 15.4. The molecule has 1 fully saturated rings. The van der Waals surface area contributed by atoms with E-state index in [2.05, 4.69) is 9.97 Å². The molecule has 3 heterocycles. The Morgan fingerprint density at radius 1 is 1.05 bits per heavy atom. The number of fused-ring (bicyclic) bond motifs is 2. The van der Waals surface area contributed by atoms with Crippen LogP contribution in [0.25, 0.3) is 21.8 Å². The van der Waals surface area contributed by atoms with E-state index < -0.39 is 0 Å². The number of ether oxygens (including phenoxy) is 3. The van der Waals surface area contributed by atoms with Gasteiger partial charge in [0.1, 0.15) is 6.10 Å². The van der Waals surface area contributed by atoms with E-state index in [1.165, 1.54) is 14.2 Å². The predicted molar refractivity (Wildman–Crippen MR) is 145 cm³/mol. The first-order chi connectivity index (χ1) is 18.5. The summed E-state index contributed by atoms with van der Waals surface area (Å²) in [7, 11) is 3.07. The van der Waals surface area contributed by atoms with Gasteiger partial charge < -0.3 is 23.7 Å². The lowest BCUT2D eigenvalue weighted by atomic mass is 10.0. The Morgan fingerprint density at radius 3 is 2.42 bits per heavy atom. The molecule has 0 radical (unpaired) electrons. The molecule has 0 aliphatic carbocycles. The molecule has 1 aliphatic rings. The molecular formula is C29H32N4O5. The molecule has 0 N–H and O–H groups in total. The number of pyridine rings is 1. The smallest absolute Gasteiger partial charge is 0.258 e. The topological polar surface area (TPSA) is 95.8 Å². The van der Waals surface area contributed by atoms with Crippen molar-refractivity contribution in [2.45, 2.75) is 45.3 Å². The Bertz CT molecular complexity index is 1550. The van der Waals surface area contributed by atoms with Gasteiger partial charge in [-0.1, -0.05) is 26.0 Å². The molecule has 0 spiro atoms. The zero-order chi connectivity index (χ0) is 26.8. The first-order valence-electron chi connectivity index (χ1n) is 13.0. The van der Waals surface area contributed by atoms with Crippen LogP contribution in [0.5, 0.6) is 17.4 Å². The number of likely N-dealkylation sites (tertiary alicyclic amines) is 1. The zero-order valence-electron chi connectivity index (χ0n) is 22.1. The number of carbonyl (C=O) groups excluding carboxylic acids is 1. The highest BCUT2D eigenvalue weighted by Crippen LogP contribution is 2.34. The molecule has 4 aromatic rings. The van der Waals surface area contributed by atoms with E-state index in [1.54, 1.807) is 34.0 Å². The van der Waals surface area contributed by atoms with E-state index in [0.717, 1.165) is 23.9 Å². The van der Waals surface area contributed by atoms with Gasteiger partial charge in [-0.05, 0) is 37.1 Å². The summed E-state index contributed by atoms with van der Waals surface area (Å²) < 4.78 is 18.7. The van der Waals surface area contributed by atoms with E-state index in [4.69, 9.17) is 14.2 Å². The van der Waals surface area contributed by atoms with Crippen LogP contribution in [0.2, 0.25) is 0 Å². The van der Waals surface area contributed by atoms with Crippen molar-refractivity contribution in [3.63, 3.8) is 0 Å². The van der Waals surface area contributed by atoms with E-state index in [9.17, 15) is 9.59 Å². The fourth-order valence-electron chi connectivity index (χ4n) is 5.16. The third-order valence-corrected chi connectivity index (χ3v) is 7.26. The average Bonchev–Trinajstić information content (AvgIpc) is 3.42. The highest BCUT2D eigenvalue weighted by molar-refractivity contribution is 6.07. The Hall–Kier alpha value is -4.14. The fraction of sp³-hybridized carbons (Fsp3) is 0.379. The SMILES string of the molecule is CCC(CC)n1cc(C(=O)N2CCC(Oc3cnc4ccccc4n3)C2)c2cc(OC)c(OC)cc2c1=O. The minimum absolute atomic E-state index is 0.0207. The van der Waals surface area contributed by atoms with Crippen LogP contribution in [-0.4, -0.2) is 58.8 Å². The van der Waals surface area contributed by atoms with E-state index in [0.29, 0.717) is 53.2 Å². The van der Waals surface area contributed by atoms with Gasteiger partial charge in [0.15, 0.2) is 11.5 Å². The molecule has 1 aliphatic heterocycles. The summed E-state index contributed by atoms with van der Waals surface area (Å²) in [6.45, 7) is 5.02. The van der Waals surface area contributed by atoms with Gasteiger partial charge in [0.25, 0.3) is 11.5 Å². The quantitative estimate of drug-likeness (QED) is 0.337. The number of hydrogen-bond acceptors (Lipinski definition) is 7. The van der Waals surface area contributed by atoms with Crippen molar-refractivity contribution < 1.29 is 19.0 Å². The van der Waals surface area contributed by atoms with Crippen LogP contribution >= 0.6 is 0 Å². The summed E-state index contributed by atoms with van der Waals surface area (Å²) in [6.07, 6.45) is 5.33. The minimum Gasteiger partial charge on any atom is -0.493 e. The second kappa shape index (κ2) is 10.7. The first kappa shape index (κ1) is 25.5. The summed E-state index contributed by atoms with van der Waals surface area (Å²) in [5.74, 6) is 1.19. The molecule has 0 bridgehead atoms. The summed E-state index contributed by atoms with van der Waals surface area (Å²) in [4.78, 5) is 38.2. The molecule has 9 nitrogen and oxygen atoms in total. The molecule has 2 aromatic carbocycles. The zero-order valence-corrected chi connectivity index (χ0v) is 22.1. The van der Waals surface area contributed by atoms with E-state index in [1.807, 2.05) is 38.1 Å². The van der Waals surface area contributed by atoms with Crippen molar-refractivity contribution in [3.8, 4) is 17.4 Å². The third kappa shape index (κ3) is 4.64. The van der Waals surface area contributed by atoms with Crippen molar-refractivity contribution in [3.05, 3.63) is 64.7 Å². The molecule has 2 aromatic heterocycles. The van der Waals surface area contributed by atoms with E-state index in [-0.39, 0.29) is 23.6 Å². The molecule has 1 unspecified atom stereocenters. The maximum absolute atomic E-state index is 13.9. The highest BCUT2D eigenvalue weighted by Gasteiger charge is 2.31. The maximum atomic E-state index is 13.9. The lowest BCUT2D eigenvalue weighted by molar-refractivity contribution is 0.0772. The molecule has 38 heavy (non-hydrogen) atoms.